The summed E-state index contributed by atoms with van der Waals surface area (Å²) in [5, 5.41) is 9.78. The standard InChI is InChI=1S/C21H24O5.C3H8.C2H6/c1-4-5-7-17(15(2)24-3)19-14-25-11-10-16(19)13-26-21-9-6-8-20(23)18(21)12-22;1-3-2;1-2/h4-9,12,23H,1,10-11,13-14H2,2-3H3;3H2,1-2H3;1-2H3/b7-5-,17-15-;;. The predicted molar refractivity (Wildman–Crippen MR) is 128 cm³/mol. The Hall–Kier alpha value is -2.79. The molecule has 1 aliphatic heterocycles. The summed E-state index contributed by atoms with van der Waals surface area (Å²) in [7, 11) is 1.63. The van der Waals surface area contributed by atoms with Crippen LogP contribution in [-0.2, 0) is 9.47 Å². The van der Waals surface area contributed by atoms with Gasteiger partial charge in [-0.1, -0.05) is 65.0 Å². The highest BCUT2D eigenvalue weighted by molar-refractivity contribution is 5.83. The van der Waals surface area contributed by atoms with Gasteiger partial charge in [0.05, 0.1) is 31.6 Å². The van der Waals surface area contributed by atoms with Gasteiger partial charge in [0, 0.05) is 5.57 Å². The minimum Gasteiger partial charge on any atom is -0.507 e. The quantitative estimate of drug-likeness (QED) is 0.293. The summed E-state index contributed by atoms with van der Waals surface area (Å²) in [6.45, 7) is 15.2. The molecule has 1 heterocycles. The molecule has 0 fully saturated rings. The van der Waals surface area contributed by atoms with E-state index in [-0.39, 0.29) is 11.3 Å². The molecule has 0 saturated heterocycles. The van der Waals surface area contributed by atoms with E-state index < -0.39 is 0 Å². The summed E-state index contributed by atoms with van der Waals surface area (Å²) >= 11 is 0. The second kappa shape index (κ2) is 16.9. The summed E-state index contributed by atoms with van der Waals surface area (Å²) in [4.78, 5) is 11.2. The first-order valence-electron chi connectivity index (χ1n) is 10.8. The van der Waals surface area contributed by atoms with Crippen molar-refractivity contribution in [1.82, 2.24) is 0 Å². The van der Waals surface area contributed by atoms with E-state index in [1.807, 2.05) is 32.9 Å². The molecule has 0 amide bonds. The van der Waals surface area contributed by atoms with Gasteiger partial charge in [0.15, 0.2) is 6.29 Å². The first kappa shape index (κ1) is 28.2. The monoisotopic (exact) mass is 430 g/mol. The van der Waals surface area contributed by atoms with Crippen molar-refractivity contribution in [3.8, 4) is 11.5 Å². The fraction of sp³-hybridized carbons (Fsp3) is 0.423. The molecule has 5 nitrogen and oxygen atoms in total. The van der Waals surface area contributed by atoms with Crippen molar-refractivity contribution >= 4 is 6.29 Å². The van der Waals surface area contributed by atoms with Crippen molar-refractivity contribution in [2.24, 2.45) is 0 Å². The number of methoxy groups -OCH3 is 1. The summed E-state index contributed by atoms with van der Waals surface area (Å²) in [6.07, 6.45) is 8.04. The number of ether oxygens (including phenoxy) is 3. The number of hydrogen-bond acceptors (Lipinski definition) is 5. The van der Waals surface area contributed by atoms with E-state index in [4.69, 9.17) is 14.2 Å². The molecule has 1 N–H and O–H groups in total. The minimum absolute atomic E-state index is 0.0941. The smallest absolute Gasteiger partial charge is 0.157 e. The first-order chi connectivity index (χ1) is 15.0. The molecule has 2 rings (SSSR count). The van der Waals surface area contributed by atoms with E-state index in [9.17, 15) is 9.90 Å². The highest BCUT2D eigenvalue weighted by Gasteiger charge is 2.19. The number of rotatable bonds is 8. The van der Waals surface area contributed by atoms with E-state index in [0.29, 0.717) is 38.3 Å². The van der Waals surface area contributed by atoms with E-state index in [1.165, 1.54) is 12.5 Å². The summed E-state index contributed by atoms with van der Waals surface area (Å²) in [5.74, 6) is 1.03. The lowest BCUT2D eigenvalue weighted by Gasteiger charge is -2.23. The van der Waals surface area contributed by atoms with Gasteiger partial charge in [-0.25, -0.2) is 0 Å². The number of carbonyl (C=O) groups is 1. The number of carbonyl (C=O) groups excluding carboxylic acids is 1. The number of aldehydes is 1. The molecule has 1 aromatic carbocycles. The Bertz CT molecular complexity index is 772. The van der Waals surface area contributed by atoms with Crippen LogP contribution < -0.4 is 4.74 Å². The number of aromatic hydroxyl groups is 1. The van der Waals surface area contributed by atoms with Crippen molar-refractivity contribution < 1.29 is 24.1 Å². The molecule has 1 aromatic rings. The molecular formula is C26H38O5. The average molecular weight is 431 g/mol. The van der Waals surface area contributed by atoms with Crippen LogP contribution >= 0.6 is 0 Å². The number of phenols is 1. The molecule has 0 atom stereocenters. The van der Waals surface area contributed by atoms with Crippen LogP contribution in [0.4, 0.5) is 0 Å². The van der Waals surface area contributed by atoms with E-state index in [1.54, 1.807) is 25.3 Å². The maximum absolute atomic E-state index is 11.2. The molecule has 172 valence electrons. The zero-order valence-electron chi connectivity index (χ0n) is 19.9. The van der Waals surface area contributed by atoms with Crippen LogP contribution in [0.3, 0.4) is 0 Å². The Balaban J connectivity index is 0.00000165. The molecule has 1 aliphatic rings. The number of benzene rings is 1. The molecule has 0 saturated carbocycles. The lowest BCUT2D eigenvalue weighted by Crippen LogP contribution is -2.18. The Kier molecular flexibility index (Phi) is 15.4. The van der Waals surface area contributed by atoms with Crippen molar-refractivity contribution in [3.05, 3.63) is 71.0 Å². The van der Waals surface area contributed by atoms with Gasteiger partial charge in [-0.3, -0.25) is 4.79 Å². The van der Waals surface area contributed by atoms with Gasteiger partial charge < -0.3 is 19.3 Å². The molecule has 0 bridgehead atoms. The van der Waals surface area contributed by atoms with Crippen LogP contribution in [0, 0.1) is 0 Å². The molecule has 31 heavy (non-hydrogen) atoms. The van der Waals surface area contributed by atoms with Crippen LogP contribution in [-0.4, -0.2) is 38.3 Å². The van der Waals surface area contributed by atoms with E-state index in [0.717, 1.165) is 22.5 Å². The lowest BCUT2D eigenvalue weighted by molar-refractivity contribution is 0.111. The van der Waals surface area contributed by atoms with Crippen molar-refractivity contribution in [2.75, 3.05) is 26.9 Å². The Morgan fingerprint density at radius 3 is 2.55 bits per heavy atom. The molecular weight excluding hydrogens is 392 g/mol. The second-order valence-corrected chi connectivity index (χ2v) is 6.46. The molecule has 5 heteroatoms. The molecule has 0 radical (unpaired) electrons. The van der Waals surface area contributed by atoms with Crippen LogP contribution in [0.15, 0.2) is 65.5 Å². The third-order valence-electron chi connectivity index (χ3n) is 4.19. The zero-order chi connectivity index (χ0) is 23.6. The van der Waals surface area contributed by atoms with Gasteiger partial charge in [-0.15, -0.1) is 0 Å². The summed E-state index contributed by atoms with van der Waals surface area (Å²) in [5.41, 5.74) is 3.15. The van der Waals surface area contributed by atoms with Gasteiger partial charge in [-0.2, -0.15) is 0 Å². The van der Waals surface area contributed by atoms with Crippen LogP contribution in [0.1, 0.15) is 57.8 Å². The van der Waals surface area contributed by atoms with Gasteiger partial charge >= 0.3 is 0 Å². The van der Waals surface area contributed by atoms with Crippen LogP contribution in [0.5, 0.6) is 11.5 Å². The van der Waals surface area contributed by atoms with Gasteiger partial charge in [0.1, 0.15) is 18.1 Å². The number of hydrogen-bond donors (Lipinski definition) is 1. The number of allylic oxidation sites excluding steroid dienone is 4. The normalized spacial score (nSPS) is 13.9. The third kappa shape index (κ3) is 9.26. The van der Waals surface area contributed by atoms with Crippen molar-refractivity contribution in [3.63, 3.8) is 0 Å². The van der Waals surface area contributed by atoms with Crippen LogP contribution in [0.2, 0.25) is 0 Å². The Labute approximate surface area is 187 Å². The average Bonchev–Trinajstić information content (AvgIpc) is 2.80. The Morgan fingerprint density at radius 1 is 1.29 bits per heavy atom. The van der Waals surface area contributed by atoms with Gasteiger partial charge in [0.25, 0.3) is 0 Å². The maximum atomic E-state index is 11.2. The third-order valence-corrected chi connectivity index (χ3v) is 4.19. The largest absolute Gasteiger partial charge is 0.507 e. The Morgan fingerprint density at radius 2 is 1.97 bits per heavy atom. The fourth-order valence-corrected chi connectivity index (χ4v) is 2.70. The molecule has 0 aromatic heterocycles. The van der Waals surface area contributed by atoms with Crippen LogP contribution in [0.25, 0.3) is 0 Å². The highest BCUT2D eigenvalue weighted by atomic mass is 16.5. The van der Waals surface area contributed by atoms with Gasteiger partial charge in [0.2, 0.25) is 0 Å². The van der Waals surface area contributed by atoms with E-state index in [2.05, 4.69) is 20.4 Å². The number of phenolic OH excluding ortho intramolecular Hbond substituents is 1. The lowest BCUT2D eigenvalue weighted by atomic mass is 9.95. The fourth-order valence-electron chi connectivity index (χ4n) is 2.70. The molecule has 0 spiro atoms. The first-order valence-corrected chi connectivity index (χ1v) is 10.8. The maximum Gasteiger partial charge on any atom is 0.157 e. The topological polar surface area (TPSA) is 65.0 Å². The van der Waals surface area contributed by atoms with Crippen molar-refractivity contribution in [1.29, 1.82) is 0 Å². The SMILES string of the molecule is C=C/C=C\C(C1=C(COc2cccc(O)c2C=O)CCOC1)=C(/C)OC.CC.CCC. The summed E-state index contributed by atoms with van der Waals surface area (Å²) in [6, 6.07) is 4.76. The van der Waals surface area contributed by atoms with Gasteiger partial charge in [-0.05, 0) is 36.6 Å². The zero-order valence-corrected chi connectivity index (χ0v) is 19.9. The minimum atomic E-state index is -0.0941. The molecule has 0 aliphatic carbocycles. The predicted octanol–water partition coefficient (Wildman–Crippen LogP) is 6.41. The molecule has 0 unspecified atom stereocenters. The summed E-state index contributed by atoms with van der Waals surface area (Å²) < 4.78 is 16.9. The second-order valence-electron chi connectivity index (χ2n) is 6.46. The highest BCUT2D eigenvalue weighted by Crippen LogP contribution is 2.29. The van der Waals surface area contributed by atoms with Crippen molar-refractivity contribution in [2.45, 2.75) is 47.5 Å². The van der Waals surface area contributed by atoms with E-state index >= 15 is 0 Å².